The number of hydrogen-bond acceptors (Lipinski definition) is 3. The van der Waals surface area contributed by atoms with Crippen molar-refractivity contribution >= 4 is 23.2 Å². The van der Waals surface area contributed by atoms with Crippen LogP contribution in [0.5, 0.6) is 0 Å². The first kappa shape index (κ1) is 16.3. The van der Waals surface area contributed by atoms with E-state index in [0.717, 1.165) is 36.3 Å². The molecule has 2 aromatic rings. The predicted octanol–water partition coefficient (Wildman–Crippen LogP) is 3.71. The molecule has 2 heterocycles. The first-order chi connectivity index (χ1) is 10.0. The molecule has 0 amide bonds. The molecule has 0 bridgehead atoms. The van der Waals surface area contributed by atoms with Gasteiger partial charge in [0.15, 0.2) is 0 Å². The molecule has 1 unspecified atom stereocenters. The molecule has 21 heavy (non-hydrogen) atoms. The van der Waals surface area contributed by atoms with Crippen molar-refractivity contribution in [1.82, 2.24) is 20.1 Å². The fourth-order valence-electron chi connectivity index (χ4n) is 2.35. The number of nitrogens with one attached hydrogen (secondary N) is 1. The Labute approximate surface area is 135 Å². The molecule has 0 saturated carbocycles. The van der Waals surface area contributed by atoms with Crippen LogP contribution in [0.2, 0.25) is 10.2 Å². The summed E-state index contributed by atoms with van der Waals surface area (Å²) in [5.74, 6) is 0. The highest BCUT2D eigenvalue weighted by Crippen LogP contribution is 2.28. The molecule has 1 atom stereocenters. The van der Waals surface area contributed by atoms with Gasteiger partial charge in [-0.1, -0.05) is 30.1 Å². The van der Waals surface area contributed by atoms with Gasteiger partial charge in [0.05, 0.1) is 22.5 Å². The van der Waals surface area contributed by atoms with Crippen LogP contribution in [-0.2, 0) is 13.5 Å². The molecule has 0 radical (unpaired) electrons. The van der Waals surface area contributed by atoms with E-state index < -0.39 is 0 Å². The van der Waals surface area contributed by atoms with Crippen molar-refractivity contribution < 1.29 is 0 Å². The van der Waals surface area contributed by atoms with Crippen LogP contribution in [0.25, 0.3) is 0 Å². The summed E-state index contributed by atoms with van der Waals surface area (Å²) in [5.41, 5.74) is 2.83. The van der Waals surface area contributed by atoms with Crippen LogP contribution < -0.4 is 5.32 Å². The number of rotatable bonds is 6. The van der Waals surface area contributed by atoms with Crippen LogP contribution in [0.15, 0.2) is 18.3 Å². The molecule has 1 N–H and O–H groups in total. The van der Waals surface area contributed by atoms with Crippen LogP contribution >= 0.6 is 23.2 Å². The Kier molecular flexibility index (Phi) is 5.62. The lowest BCUT2D eigenvalue weighted by Gasteiger charge is -2.19. The van der Waals surface area contributed by atoms with Gasteiger partial charge < -0.3 is 5.32 Å². The number of nitrogens with zero attached hydrogens (tertiary/aromatic N) is 3. The maximum atomic E-state index is 6.34. The minimum Gasteiger partial charge on any atom is -0.308 e. The monoisotopic (exact) mass is 326 g/mol. The molecule has 2 rings (SSSR count). The average molecular weight is 327 g/mol. The summed E-state index contributed by atoms with van der Waals surface area (Å²) < 4.78 is 1.70. The van der Waals surface area contributed by atoms with Gasteiger partial charge in [-0.2, -0.15) is 5.10 Å². The first-order valence-corrected chi connectivity index (χ1v) is 7.82. The second-order valence-electron chi connectivity index (χ2n) is 5.06. The van der Waals surface area contributed by atoms with Gasteiger partial charge in [0, 0.05) is 18.8 Å². The fraction of sp³-hybridized carbons (Fsp3) is 0.467. The minimum atomic E-state index is 0.0269. The van der Waals surface area contributed by atoms with Gasteiger partial charge in [-0.05, 0) is 38.4 Å². The van der Waals surface area contributed by atoms with Gasteiger partial charge in [-0.15, -0.1) is 0 Å². The molecule has 0 spiro atoms. The van der Waals surface area contributed by atoms with E-state index in [1.54, 1.807) is 10.9 Å². The number of pyridine rings is 1. The third-order valence-electron chi connectivity index (χ3n) is 3.44. The molecule has 0 aliphatic heterocycles. The lowest BCUT2D eigenvalue weighted by atomic mass is 10.0. The van der Waals surface area contributed by atoms with E-state index in [4.69, 9.17) is 23.2 Å². The van der Waals surface area contributed by atoms with Crippen LogP contribution in [-0.4, -0.2) is 21.3 Å². The Morgan fingerprint density at radius 2 is 2.14 bits per heavy atom. The van der Waals surface area contributed by atoms with Crippen molar-refractivity contribution in [3.63, 3.8) is 0 Å². The highest BCUT2D eigenvalue weighted by atomic mass is 35.5. The zero-order chi connectivity index (χ0) is 15.4. The molecular formula is C15H20Cl2N4. The van der Waals surface area contributed by atoms with E-state index in [1.165, 1.54) is 0 Å². The Bertz CT molecular complexity index is 610. The molecule has 4 nitrogen and oxygen atoms in total. The van der Waals surface area contributed by atoms with Crippen molar-refractivity contribution in [2.45, 2.75) is 32.7 Å². The van der Waals surface area contributed by atoms with Gasteiger partial charge in [0.2, 0.25) is 0 Å². The second-order valence-corrected chi connectivity index (χ2v) is 5.82. The third kappa shape index (κ3) is 3.76. The van der Waals surface area contributed by atoms with Gasteiger partial charge in [0.25, 0.3) is 0 Å². The number of aryl methyl sites for hydroxylation is 2. The molecule has 114 valence electrons. The molecular weight excluding hydrogens is 307 g/mol. The van der Waals surface area contributed by atoms with E-state index >= 15 is 0 Å². The summed E-state index contributed by atoms with van der Waals surface area (Å²) in [6, 6.07) is 3.73. The van der Waals surface area contributed by atoms with Crippen LogP contribution in [0.3, 0.4) is 0 Å². The number of halogens is 2. The Hall–Kier alpha value is -1.10. The topological polar surface area (TPSA) is 42.7 Å². The molecule has 0 saturated heterocycles. The van der Waals surface area contributed by atoms with Crippen molar-refractivity contribution in [1.29, 1.82) is 0 Å². The standard InChI is InChI=1S/C15H20Cl2N4/c1-4-7-18-13(14-12(16)6-5-8-19-14)9-11-10(2)20-21(3)15(11)17/h5-6,8,13,18H,4,7,9H2,1-3H3. The largest absolute Gasteiger partial charge is 0.308 e. The maximum Gasteiger partial charge on any atom is 0.130 e. The molecule has 0 fully saturated rings. The van der Waals surface area contributed by atoms with Crippen LogP contribution in [0.4, 0.5) is 0 Å². The van der Waals surface area contributed by atoms with E-state index in [9.17, 15) is 0 Å². The molecule has 6 heteroatoms. The lowest BCUT2D eigenvalue weighted by molar-refractivity contribution is 0.517. The summed E-state index contributed by atoms with van der Waals surface area (Å²) in [7, 11) is 1.85. The predicted molar refractivity (Wildman–Crippen MR) is 86.9 cm³/mol. The van der Waals surface area contributed by atoms with Crippen LogP contribution in [0.1, 0.15) is 36.3 Å². The summed E-state index contributed by atoms with van der Waals surface area (Å²) in [4.78, 5) is 4.43. The number of aromatic nitrogens is 3. The Morgan fingerprint density at radius 3 is 2.71 bits per heavy atom. The van der Waals surface area contributed by atoms with Gasteiger partial charge in [-0.3, -0.25) is 9.67 Å². The Balaban J connectivity index is 2.31. The van der Waals surface area contributed by atoms with E-state index in [2.05, 4.69) is 22.3 Å². The van der Waals surface area contributed by atoms with Gasteiger partial charge >= 0.3 is 0 Å². The normalized spacial score (nSPS) is 12.6. The smallest absolute Gasteiger partial charge is 0.130 e. The molecule has 0 aliphatic rings. The lowest BCUT2D eigenvalue weighted by Crippen LogP contribution is -2.25. The molecule has 0 aromatic carbocycles. The van der Waals surface area contributed by atoms with Crippen molar-refractivity contribution in [2.75, 3.05) is 6.54 Å². The number of hydrogen-bond donors (Lipinski definition) is 1. The van der Waals surface area contributed by atoms with E-state index in [0.29, 0.717) is 10.2 Å². The second kappa shape index (κ2) is 7.25. The van der Waals surface area contributed by atoms with E-state index in [-0.39, 0.29) is 6.04 Å². The first-order valence-electron chi connectivity index (χ1n) is 7.06. The average Bonchev–Trinajstić information content (AvgIpc) is 2.70. The maximum absolute atomic E-state index is 6.34. The quantitative estimate of drug-likeness (QED) is 0.879. The SMILES string of the molecule is CCCNC(Cc1c(C)nn(C)c1Cl)c1ncccc1Cl. The summed E-state index contributed by atoms with van der Waals surface area (Å²) >= 11 is 12.6. The summed E-state index contributed by atoms with van der Waals surface area (Å²) in [5, 5.41) is 9.20. The zero-order valence-electron chi connectivity index (χ0n) is 12.5. The summed E-state index contributed by atoms with van der Waals surface area (Å²) in [6.45, 7) is 5.00. The molecule has 2 aromatic heterocycles. The third-order valence-corrected chi connectivity index (χ3v) is 4.23. The van der Waals surface area contributed by atoms with Crippen molar-refractivity contribution in [3.8, 4) is 0 Å². The highest BCUT2D eigenvalue weighted by Gasteiger charge is 2.21. The van der Waals surface area contributed by atoms with Crippen LogP contribution in [0, 0.1) is 6.92 Å². The van der Waals surface area contributed by atoms with Crippen molar-refractivity contribution in [2.24, 2.45) is 7.05 Å². The van der Waals surface area contributed by atoms with Gasteiger partial charge in [0.1, 0.15) is 5.15 Å². The summed E-state index contributed by atoms with van der Waals surface area (Å²) in [6.07, 6.45) is 3.52. The van der Waals surface area contributed by atoms with Gasteiger partial charge in [-0.25, -0.2) is 0 Å². The van der Waals surface area contributed by atoms with E-state index in [1.807, 2.05) is 26.1 Å². The van der Waals surface area contributed by atoms with Crippen molar-refractivity contribution in [3.05, 3.63) is 45.5 Å². The zero-order valence-corrected chi connectivity index (χ0v) is 14.0. The molecule has 0 aliphatic carbocycles. The fourth-order valence-corrected chi connectivity index (χ4v) is 2.85. The minimum absolute atomic E-state index is 0.0269. The highest BCUT2D eigenvalue weighted by molar-refractivity contribution is 6.31. The Morgan fingerprint density at radius 1 is 1.38 bits per heavy atom.